The van der Waals surface area contributed by atoms with Gasteiger partial charge < -0.3 is 20.9 Å². The summed E-state index contributed by atoms with van der Waals surface area (Å²) >= 11 is 0. The first-order chi connectivity index (χ1) is 14.5. The van der Waals surface area contributed by atoms with Gasteiger partial charge in [0.25, 0.3) is 0 Å². The zero-order valence-corrected chi connectivity index (χ0v) is 20.4. The second-order valence-electron chi connectivity index (χ2n) is 7.55. The third kappa shape index (κ3) is 7.77. The Morgan fingerprint density at radius 2 is 1.94 bits per heavy atom. The Hall–Kier alpha value is -2.20. The van der Waals surface area contributed by atoms with E-state index in [1.807, 2.05) is 44.3 Å². The van der Waals surface area contributed by atoms with Crippen LogP contribution >= 0.6 is 24.0 Å². The first-order valence-corrected chi connectivity index (χ1v) is 10.4. The molecule has 8 heteroatoms. The van der Waals surface area contributed by atoms with Crippen LogP contribution in [0.5, 0.6) is 0 Å². The maximum Gasteiger partial charge on any atom is 0.225 e. The molecule has 1 unspecified atom stereocenters. The summed E-state index contributed by atoms with van der Waals surface area (Å²) in [5.74, 6) is 0.643. The maximum atomic E-state index is 13.0. The molecule has 3 rings (SSSR count). The molecular weight excluding hydrogens is 508 g/mol. The van der Waals surface area contributed by atoms with Crippen LogP contribution in [0.3, 0.4) is 0 Å². The van der Waals surface area contributed by atoms with E-state index in [-0.39, 0.29) is 41.6 Å². The number of hydrogen-bond donors (Lipinski definition) is 3. The molecular formula is C23H31FIN5O. The van der Waals surface area contributed by atoms with E-state index < -0.39 is 0 Å². The van der Waals surface area contributed by atoms with Gasteiger partial charge in [0, 0.05) is 44.2 Å². The zero-order valence-electron chi connectivity index (χ0n) is 18.0. The lowest BCUT2D eigenvalue weighted by molar-refractivity contribution is -0.116. The number of para-hydroxylation sites is 1. The van der Waals surface area contributed by atoms with Crippen molar-refractivity contribution in [2.75, 3.05) is 38.5 Å². The van der Waals surface area contributed by atoms with Crippen LogP contribution < -0.4 is 16.0 Å². The molecule has 3 N–H and O–H groups in total. The zero-order chi connectivity index (χ0) is 21.3. The molecule has 168 valence electrons. The minimum Gasteiger partial charge on any atom is -0.357 e. The highest BCUT2D eigenvalue weighted by Crippen LogP contribution is 2.31. The maximum absolute atomic E-state index is 13.0. The Kier molecular flexibility index (Phi) is 10.2. The molecule has 0 fully saturated rings. The van der Waals surface area contributed by atoms with Crippen LogP contribution in [0, 0.1) is 5.82 Å². The SMILES string of the molecule is CCNC(=NCC1CC(=O)Nc2ccccc21)NCCN(C)Cc1ccc(F)cc1.I. The molecule has 1 amide bonds. The highest BCUT2D eigenvalue weighted by Gasteiger charge is 2.24. The van der Waals surface area contributed by atoms with Crippen LogP contribution in [-0.4, -0.2) is 50.0 Å². The molecule has 0 saturated carbocycles. The summed E-state index contributed by atoms with van der Waals surface area (Å²) in [6.45, 7) is 5.64. The van der Waals surface area contributed by atoms with Crippen molar-refractivity contribution in [2.24, 2.45) is 4.99 Å². The molecule has 2 aromatic rings. The van der Waals surface area contributed by atoms with Crippen LogP contribution in [0.1, 0.15) is 30.4 Å². The van der Waals surface area contributed by atoms with E-state index in [1.54, 1.807) is 0 Å². The Morgan fingerprint density at radius 1 is 1.19 bits per heavy atom. The summed E-state index contributed by atoms with van der Waals surface area (Å²) in [5.41, 5.74) is 3.10. The number of carbonyl (C=O) groups is 1. The van der Waals surface area contributed by atoms with Crippen LogP contribution in [0.15, 0.2) is 53.5 Å². The number of nitrogens with one attached hydrogen (secondary N) is 3. The van der Waals surface area contributed by atoms with E-state index >= 15 is 0 Å². The summed E-state index contributed by atoms with van der Waals surface area (Å²) < 4.78 is 13.0. The number of halogens is 2. The number of rotatable bonds is 8. The number of anilines is 1. The number of carbonyl (C=O) groups excluding carboxylic acids is 1. The average Bonchev–Trinajstić information content (AvgIpc) is 2.73. The molecule has 0 radical (unpaired) electrons. The van der Waals surface area contributed by atoms with Crippen molar-refractivity contribution in [1.82, 2.24) is 15.5 Å². The first-order valence-electron chi connectivity index (χ1n) is 10.4. The number of fused-ring (bicyclic) bond motifs is 1. The second kappa shape index (κ2) is 12.6. The third-order valence-electron chi connectivity index (χ3n) is 5.07. The van der Waals surface area contributed by atoms with Crippen LogP contribution in [-0.2, 0) is 11.3 Å². The summed E-state index contributed by atoms with van der Waals surface area (Å²) in [5, 5.41) is 9.55. The first kappa shape index (κ1) is 25.1. The summed E-state index contributed by atoms with van der Waals surface area (Å²) in [6.07, 6.45) is 0.445. The topological polar surface area (TPSA) is 68.8 Å². The number of nitrogens with zero attached hydrogens (tertiary/aromatic N) is 2. The van der Waals surface area contributed by atoms with Crippen molar-refractivity contribution in [3.05, 3.63) is 65.5 Å². The lowest BCUT2D eigenvalue weighted by Crippen LogP contribution is -2.41. The molecule has 0 bridgehead atoms. The van der Waals surface area contributed by atoms with Gasteiger partial charge in [0.15, 0.2) is 5.96 Å². The van der Waals surface area contributed by atoms with Gasteiger partial charge in [-0.3, -0.25) is 9.79 Å². The quantitative estimate of drug-likeness (QED) is 0.273. The van der Waals surface area contributed by atoms with Crippen LogP contribution in [0.25, 0.3) is 0 Å². The molecule has 2 aromatic carbocycles. The molecule has 0 saturated heterocycles. The summed E-state index contributed by atoms with van der Waals surface area (Å²) in [4.78, 5) is 18.9. The van der Waals surface area contributed by atoms with Crippen molar-refractivity contribution in [2.45, 2.75) is 25.8 Å². The van der Waals surface area contributed by atoms with Gasteiger partial charge in [-0.05, 0) is 43.3 Å². The Balaban J connectivity index is 0.00000341. The van der Waals surface area contributed by atoms with Crippen molar-refractivity contribution in [3.8, 4) is 0 Å². The van der Waals surface area contributed by atoms with E-state index in [9.17, 15) is 9.18 Å². The number of amides is 1. The monoisotopic (exact) mass is 539 g/mol. The Bertz CT molecular complexity index is 875. The highest BCUT2D eigenvalue weighted by molar-refractivity contribution is 14.0. The smallest absolute Gasteiger partial charge is 0.225 e. The predicted molar refractivity (Wildman–Crippen MR) is 135 cm³/mol. The number of hydrogen-bond acceptors (Lipinski definition) is 3. The van der Waals surface area contributed by atoms with Crippen molar-refractivity contribution in [1.29, 1.82) is 0 Å². The van der Waals surface area contributed by atoms with Gasteiger partial charge >= 0.3 is 0 Å². The fourth-order valence-corrected chi connectivity index (χ4v) is 3.55. The summed E-state index contributed by atoms with van der Waals surface area (Å²) in [6, 6.07) is 14.5. The summed E-state index contributed by atoms with van der Waals surface area (Å²) in [7, 11) is 2.03. The number of benzene rings is 2. The molecule has 0 aromatic heterocycles. The van der Waals surface area contributed by atoms with E-state index in [2.05, 4.69) is 26.9 Å². The second-order valence-corrected chi connectivity index (χ2v) is 7.55. The normalized spacial score (nSPS) is 15.7. The molecule has 1 aliphatic rings. The third-order valence-corrected chi connectivity index (χ3v) is 5.07. The van der Waals surface area contributed by atoms with Crippen molar-refractivity contribution in [3.63, 3.8) is 0 Å². The van der Waals surface area contributed by atoms with Gasteiger partial charge in [0.05, 0.1) is 6.54 Å². The lowest BCUT2D eigenvalue weighted by Gasteiger charge is -2.24. The van der Waals surface area contributed by atoms with E-state index in [1.165, 1.54) is 12.1 Å². The van der Waals surface area contributed by atoms with Crippen molar-refractivity contribution >= 4 is 41.5 Å². The van der Waals surface area contributed by atoms with Crippen LogP contribution in [0.4, 0.5) is 10.1 Å². The van der Waals surface area contributed by atoms with Gasteiger partial charge in [0.1, 0.15) is 5.82 Å². The average molecular weight is 539 g/mol. The predicted octanol–water partition coefficient (Wildman–Crippen LogP) is 3.56. The number of aliphatic imine (C=N–C) groups is 1. The van der Waals surface area contributed by atoms with Crippen molar-refractivity contribution < 1.29 is 9.18 Å². The number of guanidine groups is 1. The molecule has 6 nitrogen and oxygen atoms in total. The molecule has 1 atom stereocenters. The Morgan fingerprint density at radius 3 is 2.68 bits per heavy atom. The minimum atomic E-state index is -0.215. The molecule has 1 heterocycles. The Labute approximate surface area is 200 Å². The molecule has 0 spiro atoms. The van der Waals surface area contributed by atoms with Gasteiger partial charge in [0.2, 0.25) is 5.91 Å². The van der Waals surface area contributed by atoms with E-state index in [0.29, 0.717) is 13.0 Å². The molecule has 0 aliphatic carbocycles. The molecule has 1 aliphatic heterocycles. The van der Waals surface area contributed by atoms with Gasteiger partial charge in [-0.2, -0.15) is 0 Å². The standard InChI is InChI=1S/C23H30FN5O.HI/c1-3-25-23(26-12-13-29(2)16-17-8-10-19(24)11-9-17)27-15-18-14-22(30)28-21-7-5-4-6-20(18)21;/h4-11,18H,3,12-16H2,1-2H3,(H,28,30)(H2,25,26,27);1H. The lowest BCUT2D eigenvalue weighted by atomic mass is 9.91. The highest BCUT2D eigenvalue weighted by atomic mass is 127. The number of likely N-dealkylation sites (N-methyl/N-ethyl adjacent to an activating group) is 1. The van der Waals surface area contributed by atoms with Crippen LogP contribution in [0.2, 0.25) is 0 Å². The van der Waals surface area contributed by atoms with E-state index in [4.69, 9.17) is 4.99 Å². The van der Waals surface area contributed by atoms with Gasteiger partial charge in [-0.15, -0.1) is 24.0 Å². The van der Waals surface area contributed by atoms with E-state index in [0.717, 1.165) is 49.0 Å². The largest absolute Gasteiger partial charge is 0.357 e. The van der Waals surface area contributed by atoms with Gasteiger partial charge in [-0.1, -0.05) is 30.3 Å². The minimum absolute atomic E-state index is 0. The fraction of sp³-hybridized carbons (Fsp3) is 0.391. The molecule has 31 heavy (non-hydrogen) atoms. The fourth-order valence-electron chi connectivity index (χ4n) is 3.55. The van der Waals surface area contributed by atoms with Gasteiger partial charge in [-0.25, -0.2) is 4.39 Å².